The Labute approximate surface area is 106 Å². The van der Waals surface area contributed by atoms with E-state index in [1.165, 1.54) is 12.1 Å². The van der Waals surface area contributed by atoms with Gasteiger partial charge in [-0.3, -0.25) is 0 Å². The maximum absolute atomic E-state index is 12.6. The Morgan fingerprint density at radius 2 is 1.83 bits per heavy atom. The zero-order chi connectivity index (χ0) is 13.8. The van der Waals surface area contributed by atoms with Gasteiger partial charge in [-0.05, 0) is 43.5 Å². The van der Waals surface area contributed by atoms with Crippen LogP contribution in [0.25, 0.3) is 0 Å². The highest BCUT2D eigenvalue weighted by molar-refractivity contribution is 5.26. The predicted octanol–water partition coefficient (Wildman–Crippen LogP) is 3.74. The molecule has 0 saturated carbocycles. The summed E-state index contributed by atoms with van der Waals surface area (Å²) >= 11 is 0. The van der Waals surface area contributed by atoms with E-state index in [2.05, 4.69) is 19.2 Å². The molecule has 2 atom stereocenters. The molecule has 0 aliphatic carbocycles. The fourth-order valence-corrected chi connectivity index (χ4v) is 1.97. The van der Waals surface area contributed by atoms with Gasteiger partial charge in [0, 0.05) is 0 Å². The van der Waals surface area contributed by atoms with E-state index in [-0.39, 0.29) is 0 Å². The lowest BCUT2D eigenvalue weighted by atomic mass is 9.89. The van der Waals surface area contributed by atoms with Crippen molar-refractivity contribution in [3.63, 3.8) is 0 Å². The molecule has 18 heavy (non-hydrogen) atoms. The largest absolute Gasteiger partial charge is 0.416 e. The Balaban J connectivity index is 2.73. The molecule has 0 aliphatic heterocycles. The minimum Gasteiger partial charge on any atom is -0.319 e. The van der Waals surface area contributed by atoms with E-state index < -0.39 is 11.7 Å². The van der Waals surface area contributed by atoms with Crippen LogP contribution in [0.15, 0.2) is 24.3 Å². The molecule has 0 amide bonds. The van der Waals surface area contributed by atoms with Crippen molar-refractivity contribution in [2.75, 3.05) is 13.6 Å². The zero-order valence-corrected chi connectivity index (χ0v) is 11.0. The third-order valence-electron chi connectivity index (χ3n) is 3.31. The molecular weight excluding hydrogens is 239 g/mol. The monoisotopic (exact) mass is 259 g/mol. The highest BCUT2D eigenvalue weighted by Crippen LogP contribution is 2.30. The number of hydrogen-bond donors (Lipinski definition) is 1. The molecule has 0 aromatic heterocycles. The summed E-state index contributed by atoms with van der Waals surface area (Å²) in [5.41, 5.74) is 0.189. The fourth-order valence-electron chi connectivity index (χ4n) is 1.97. The summed E-state index contributed by atoms with van der Waals surface area (Å²) in [7, 11) is 1.88. The summed E-state index contributed by atoms with van der Waals surface area (Å²) in [5.74, 6) is 0.783. The highest BCUT2D eigenvalue weighted by Gasteiger charge is 2.30. The van der Waals surface area contributed by atoms with Gasteiger partial charge < -0.3 is 5.32 Å². The lowest BCUT2D eigenvalue weighted by molar-refractivity contribution is -0.137. The van der Waals surface area contributed by atoms with Crippen LogP contribution in [-0.4, -0.2) is 13.6 Å². The normalized spacial score (nSPS) is 15.4. The van der Waals surface area contributed by atoms with Crippen LogP contribution in [0.3, 0.4) is 0 Å². The standard InChI is InChI=1S/C14H20F3N/c1-10(11(2)9-18-3)7-12-5-4-6-13(8-12)14(15,16)17/h4-6,8,10-11,18H,7,9H2,1-3H3. The lowest BCUT2D eigenvalue weighted by Gasteiger charge is -2.20. The van der Waals surface area contributed by atoms with Crippen molar-refractivity contribution >= 4 is 0 Å². The first-order valence-electron chi connectivity index (χ1n) is 6.15. The second-order valence-corrected chi connectivity index (χ2v) is 4.91. The van der Waals surface area contributed by atoms with Gasteiger partial charge in [-0.2, -0.15) is 13.2 Å². The molecule has 0 spiro atoms. The molecule has 2 unspecified atom stereocenters. The summed E-state index contributed by atoms with van der Waals surface area (Å²) < 4.78 is 37.7. The van der Waals surface area contributed by atoms with E-state index in [0.717, 1.165) is 18.2 Å². The van der Waals surface area contributed by atoms with E-state index in [1.807, 2.05) is 7.05 Å². The van der Waals surface area contributed by atoms with Crippen molar-refractivity contribution in [2.45, 2.75) is 26.4 Å². The molecule has 4 heteroatoms. The van der Waals surface area contributed by atoms with Gasteiger partial charge >= 0.3 is 6.18 Å². The Morgan fingerprint density at radius 3 is 2.39 bits per heavy atom. The van der Waals surface area contributed by atoms with Gasteiger partial charge in [0.05, 0.1) is 5.56 Å². The van der Waals surface area contributed by atoms with Gasteiger partial charge in [-0.25, -0.2) is 0 Å². The van der Waals surface area contributed by atoms with Gasteiger partial charge in [0.25, 0.3) is 0 Å². The van der Waals surface area contributed by atoms with E-state index in [9.17, 15) is 13.2 Å². The first-order chi connectivity index (χ1) is 8.34. The molecule has 0 heterocycles. The molecule has 1 nitrogen and oxygen atoms in total. The van der Waals surface area contributed by atoms with E-state index in [0.29, 0.717) is 18.3 Å². The number of hydrogen-bond acceptors (Lipinski definition) is 1. The lowest BCUT2D eigenvalue weighted by Crippen LogP contribution is -2.23. The van der Waals surface area contributed by atoms with Gasteiger partial charge in [0.15, 0.2) is 0 Å². The molecule has 0 aliphatic rings. The highest BCUT2D eigenvalue weighted by atomic mass is 19.4. The second-order valence-electron chi connectivity index (χ2n) is 4.91. The minimum absolute atomic E-state index is 0.348. The quantitative estimate of drug-likeness (QED) is 0.849. The van der Waals surface area contributed by atoms with Crippen LogP contribution in [0.4, 0.5) is 13.2 Å². The summed E-state index contributed by atoms with van der Waals surface area (Å²) in [6.45, 7) is 5.05. The molecule has 0 bridgehead atoms. The van der Waals surface area contributed by atoms with E-state index in [4.69, 9.17) is 0 Å². The Bertz CT molecular complexity index is 374. The Kier molecular flexibility index (Phi) is 5.20. The van der Waals surface area contributed by atoms with Crippen molar-refractivity contribution in [1.29, 1.82) is 0 Å². The summed E-state index contributed by atoms with van der Waals surface area (Å²) in [4.78, 5) is 0. The van der Waals surface area contributed by atoms with Crippen molar-refractivity contribution in [3.8, 4) is 0 Å². The Morgan fingerprint density at radius 1 is 1.17 bits per heavy atom. The minimum atomic E-state index is -4.25. The van der Waals surface area contributed by atoms with E-state index in [1.54, 1.807) is 6.07 Å². The molecule has 1 rings (SSSR count). The first kappa shape index (κ1) is 15.0. The van der Waals surface area contributed by atoms with Crippen molar-refractivity contribution < 1.29 is 13.2 Å². The number of rotatable bonds is 5. The number of alkyl halides is 3. The number of nitrogens with one attached hydrogen (secondary N) is 1. The van der Waals surface area contributed by atoms with Crippen LogP contribution in [0, 0.1) is 11.8 Å². The van der Waals surface area contributed by atoms with Crippen LogP contribution in [0.1, 0.15) is 25.0 Å². The third kappa shape index (κ3) is 4.33. The molecular formula is C14H20F3N. The Hall–Kier alpha value is -1.03. The van der Waals surface area contributed by atoms with Gasteiger partial charge in [-0.1, -0.05) is 32.0 Å². The van der Waals surface area contributed by atoms with Crippen LogP contribution in [0.5, 0.6) is 0 Å². The van der Waals surface area contributed by atoms with Crippen molar-refractivity contribution in [3.05, 3.63) is 35.4 Å². The van der Waals surface area contributed by atoms with Gasteiger partial charge in [-0.15, -0.1) is 0 Å². The van der Waals surface area contributed by atoms with Crippen LogP contribution >= 0.6 is 0 Å². The van der Waals surface area contributed by atoms with Crippen molar-refractivity contribution in [2.24, 2.45) is 11.8 Å². The average molecular weight is 259 g/mol. The summed E-state index contributed by atoms with van der Waals surface area (Å²) in [5, 5.41) is 3.09. The topological polar surface area (TPSA) is 12.0 Å². The summed E-state index contributed by atoms with van der Waals surface area (Å²) in [6.07, 6.45) is -3.58. The molecule has 102 valence electrons. The molecule has 1 aromatic rings. The maximum Gasteiger partial charge on any atom is 0.416 e. The fraction of sp³-hybridized carbons (Fsp3) is 0.571. The van der Waals surface area contributed by atoms with Crippen LogP contribution in [-0.2, 0) is 12.6 Å². The molecule has 0 fully saturated rings. The van der Waals surface area contributed by atoms with Gasteiger partial charge in [0.2, 0.25) is 0 Å². The molecule has 0 radical (unpaired) electrons. The first-order valence-corrected chi connectivity index (χ1v) is 6.15. The summed E-state index contributed by atoms with van der Waals surface area (Å²) in [6, 6.07) is 5.61. The third-order valence-corrected chi connectivity index (χ3v) is 3.31. The zero-order valence-electron chi connectivity index (χ0n) is 11.0. The van der Waals surface area contributed by atoms with Crippen molar-refractivity contribution in [1.82, 2.24) is 5.32 Å². The predicted molar refractivity (Wildman–Crippen MR) is 67.4 cm³/mol. The average Bonchev–Trinajstić information content (AvgIpc) is 2.28. The number of benzene rings is 1. The molecule has 1 N–H and O–H groups in total. The maximum atomic E-state index is 12.6. The van der Waals surface area contributed by atoms with Crippen LogP contribution < -0.4 is 5.32 Å². The second kappa shape index (κ2) is 6.23. The van der Waals surface area contributed by atoms with E-state index >= 15 is 0 Å². The molecule has 0 saturated heterocycles. The SMILES string of the molecule is CNCC(C)C(C)Cc1cccc(C(F)(F)F)c1. The van der Waals surface area contributed by atoms with Crippen LogP contribution in [0.2, 0.25) is 0 Å². The molecule has 1 aromatic carbocycles. The number of halogens is 3. The van der Waals surface area contributed by atoms with Gasteiger partial charge in [0.1, 0.15) is 0 Å². The smallest absolute Gasteiger partial charge is 0.319 e.